The summed E-state index contributed by atoms with van der Waals surface area (Å²) in [4.78, 5) is 13.3. The molecule has 0 spiro atoms. The van der Waals surface area contributed by atoms with Crippen LogP contribution in [0.25, 0.3) is 5.76 Å². The Bertz CT molecular complexity index is 954. The molecule has 0 amide bonds. The van der Waals surface area contributed by atoms with E-state index in [1.165, 1.54) is 49.5 Å². The predicted octanol–water partition coefficient (Wildman–Crippen LogP) is 4.28. The summed E-state index contributed by atoms with van der Waals surface area (Å²) in [7, 11) is 2.49. The molecule has 0 aliphatic carbocycles. The minimum Gasteiger partial charge on any atom is -0.495 e. The van der Waals surface area contributed by atoms with E-state index in [2.05, 4.69) is 0 Å². The minimum atomic E-state index is -4.59. The normalized spacial score (nSPS) is 16.6. The largest absolute Gasteiger partial charge is 0.495 e. The Morgan fingerprint density at radius 1 is 1.14 bits per heavy atom. The molecule has 29 heavy (non-hydrogen) atoms. The van der Waals surface area contributed by atoms with Gasteiger partial charge < -0.3 is 19.5 Å². The van der Waals surface area contributed by atoms with Crippen LogP contribution in [0.5, 0.6) is 0 Å². The van der Waals surface area contributed by atoms with Crippen LogP contribution in [0.2, 0.25) is 0 Å². The van der Waals surface area contributed by atoms with Crippen LogP contribution in [0.4, 0.5) is 23.2 Å². The highest BCUT2D eigenvalue weighted by Crippen LogP contribution is 2.42. The van der Waals surface area contributed by atoms with Crippen LogP contribution < -0.4 is 4.90 Å². The van der Waals surface area contributed by atoms with Gasteiger partial charge in [0.2, 0.25) is 0 Å². The number of aliphatic carboxylic acids is 1. The van der Waals surface area contributed by atoms with Crippen LogP contribution >= 0.6 is 0 Å². The van der Waals surface area contributed by atoms with Gasteiger partial charge in [0.1, 0.15) is 17.1 Å². The average molecular weight is 411 g/mol. The standard InChI is InChI=1S/C20H17F4NO4/c1-28-17-14-8-5-12(20(22,23)24)9-15(14)25(18(29-2)16(17)19(26)27)10-11-3-6-13(21)7-4-11/h3-9,18H,10H2,1-2H3,(H,26,27). The second kappa shape index (κ2) is 7.75. The fourth-order valence-electron chi connectivity index (χ4n) is 3.30. The number of hydrogen-bond donors (Lipinski definition) is 1. The highest BCUT2D eigenvalue weighted by atomic mass is 19.4. The van der Waals surface area contributed by atoms with E-state index in [9.17, 15) is 27.5 Å². The number of ether oxygens (including phenoxy) is 2. The van der Waals surface area contributed by atoms with Crippen molar-refractivity contribution in [3.05, 3.63) is 70.5 Å². The van der Waals surface area contributed by atoms with Gasteiger partial charge in [-0.05, 0) is 35.9 Å². The number of nitrogens with zero attached hydrogens (tertiary/aromatic N) is 1. The van der Waals surface area contributed by atoms with Gasteiger partial charge in [-0.15, -0.1) is 0 Å². The van der Waals surface area contributed by atoms with Crippen molar-refractivity contribution >= 4 is 17.4 Å². The number of alkyl halides is 3. The summed E-state index contributed by atoms with van der Waals surface area (Å²) in [6, 6.07) is 8.30. The molecule has 0 fully saturated rings. The van der Waals surface area contributed by atoms with Crippen molar-refractivity contribution in [3.63, 3.8) is 0 Å². The summed E-state index contributed by atoms with van der Waals surface area (Å²) in [6.07, 6.45) is -5.81. The van der Waals surface area contributed by atoms with E-state index in [1.54, 1.807) is 0 Å². The lowest BCUT2D eigenvalue weighted by atomic mass is 9.96. The first kappa shape index (κ1) is 20.7. The van der Waals surface area contributed by atoms with Crippen molar-refractivity contribution < 1.29 is 36.9 Å². The van der Waals surface area contributed by atoms with E-state index in [0.717, 1.165) is 12.1 Å². The molecule has 1 atom stereocenters. The lowest BCUT2D eigenvalue weighted by molar-refractivity contribution is -0.138. The van der Waals surface area contributed by atoms with Crippen molar-refractivity contribution in [3.8, 4) is 0 Å². The Hall–Kier alpha value is -3.07. The SMILES string of the molecule is COC1=C(C(=O)O)C(OC)N(Cc2ccc(F)cc2)c2cc(C(F)(F)F)ccc21. The highest BCUT2D eigenvalue weighted by molar-refractivity contribution is 6.00. The van der Waals surface area contributed by atoms with Gasteiger partial charge in [0, 0.05) is 19.2 Å². The Morgan fingerprint density at radius 3 is 2.31 bits per heavy atom. The second-order valence-corrected chi connectivity index (χ2v) is 6.32. The molecule has 1 unspecified atom stereocenters. The highest BCUT2D eigenvalue weighted by Gasteiger charge is 2.40. The van der Waals surface area contributed by atoms with Gasteiger partial charge in [-0.3, -0.25) is 0 Å². The van der Waals surface area contributed by atoms with Crippen molar-refractivity contribution in [2.45, 2.75) is 18.9 Å². The van der Waals surface area contributed by atoms with Gasteiger partial charge in [0.05, 0.1) is 18.4 Å². The quantitative estimate of drug-likeness (QED) is 0.745. The molecule has 154 valence electrons. The summed E-state index contributed by atoms with van der Waals surface area (Å²) in [5.74, 6) is -1.88. The monoisotopic (exact) mass is 411 g/mol. The van der Waals surface area contributed by atoms with E-state index >= 15 is 0 Å². The maximum Gasteiger partial charge on any atom is 0.416 e. The summed E-state index contributed by atoms with van der Waals surface area (Å²) in [6.45, 7) is -0.0130. The van der Waals surface area contributed by atoms with Crippen LogP contribution in [0.15, 0.2) is 48.0 Å². The topological polar surface area (TPSA) is 59.0 Å². The lowest BCUT2D eigenvalue weighted by Gasteiger charge is -2.39. The maximum atomic E-state index is 13.3. The molecule has 0 aromatic heterocycles. The Labute approximate surface area is 163 Å². The third-order valence-corrected chi connectivity index (χ3v) is 4.58. The number of carboxylic acids is 1. The van der Waals surface area contributed by atoms with Crippen molar-refractivity contribution in [2.24, 2.45) is 0 Å². The van der Waals surface area contributed by atoms with Crippen LogP contribution in [-0.2, 0) is 27.0 Å². The Kier molecular flexibility index (Phi) is 5.52. The van der Waals surface area contributed by atoms with Crippen LogP contribution in [0, 0.1) is 5.82 Å². The molecule has 1 aliphatic rings. The van der Waals surface area contributed by atoms with Gasteiger partial charge in [-0.1, -0.05) is 12.1 Å². The lowest BCUT2D eigenvalue weighted by Crippen LogP contribution is -2.43. The minimum absolute atomic E-state index is 0.0130. The fourth-order valence-corrected chi connectivity index (χ4v) is 3.30. The van der Waals surface area contributed by atoms with Crippen molar-refractivity contribution in [2.75, 3.05) is 19.1 Å². The fraction of sp³-hybridized carbons (Fsp3) is 0.250. The van der Waals surface area contributed by atoms with E-state index in [0.29, 0.717) is 5.56 Å². The first-order valence-electron chi connectivity index (χ1n) is 8.44. The summed E-state index contributed by atoms with van der Waals surface area (Å²) < 4.78 is 63.7. The number of halogens is 4. The second-order valence-electron chi connectivity index (χ2n) is 6.32. The summed E-state index contributed by atoms with van der Waals surface area (Å²) >= 11 is 0. The van der Waals surface area contributed by atoms with Crippen molar-refractivity contribution in [1.82, 2.24) is 0 Å². The first-order valence-corrected chi connectivity index (χ1v) is 8.44. The number of fused-ring (bicyclic) bond motifs is 1. The smallest absolute Gasteiger partial charge is 0.416 e. The molecule has 1 aliphatic heterocycles. The van der Waals surface area contributed by atoms with Crippen molar-refractivity contribution in [1.29, 1.82) is 0 Å². The molecule has 3 rings (SSSR count). The first-order chi connectivity index (χ1) is 13.7. The summed E-state index contributed by atoms with van der Waals surface area (Å²) in [5.41, 5.74) is -0.303. The van der Waals surface area contributed by atoms with Crippen LogP contribution in [-0.4, -0.2) is 31.5 Å². The Balaban J connectivity index is 2.22. The zero-order chi connectivity index (χ0) is 21.3. The van der Waals surface area contributed by atoms with E-state index < -0.39 is 29.8 Å². The molecular formula is C20H17F4NO4. The molecule has 5 nitrogen and oxygen atoms in total. The number of methoxy groups -OCH3 is 2. The number of carbonyl (C=O) groups is 1. The van der Waals surface area contributed by atoms with Gasteiger partial charge in [0.15, 0.2) is 6.23 Å². The number of anilines is 1. The number of rotatable bonds is 5. The molecule has 9 heteroatoms. The molecule has 1 heterocycles. The van der Waals surface area contributed by atoms with Gasteiger partial charge in [0.25, 0.3) is 0 Å². The number of benzene rings is 2. The molecule has 0 bridgehead atoms. The molecular weight excluding hydrogens is 394 g/mol. The zero-order valence-electron chi connectivity index (χ0n) is 15.5. The molecule has 2 aromatic carbocycles. The zero-order valence-corrected chi connectivity index (χ0v) is 15.5. The van der Waals surface area contributed by atoms with E-state index in [4.69, 9.17) is 9.47 Å². The Morgan fingerprint density at radius 2 is 1.79 bits per heavy atom. The maximum absolute atomic E-state index is 13.3. The third-order valence-electron chi connectivity index (χ3n) is 4.58. The van der Waals surface area contributed by atoms with Gasteiger partial charge in [-0.2, -0.15) is 13.2 Å². The molecule has 0 saturated carbocycles. The molecule has 0 saturated heterocycles. The van der Waals surface area contributed by atoms with E-state index in [1.807, 2.05) is 0 Å². The third kappa shape index (κ3) is 3.91. The number of carboxylic acid groups (broad SMARTS) is 1. The average Bonchev–Trinajstić information content (AvgIpc) is 2.67. The predicted molar refractivity (Wildman–Crippen MR) is 96.4 cm³/mol. The molecule has 0 radical (unpaired) electrons. The van der Waals surface area contributed by atoms with Gasteiger partial charge in [-0.25, -0.2) is 9.18 Å². The van der Waals surface area contributed by atoms with Crippen LogP contribution in [0.3, 0.4) is 0 Å². The summed E-state index contributed by atoms with van der Waals surface area (Å²) in [5, 5.41) is 9.70. The molecule has 2 aromatic rings. The number of hydrogen-bond acceptors (Lipinski definition) is 4. The van der Waals surface area contributed by atoms with E-state index in [-0.39, 0.29) is 29.1 Å². The van der Waals surface area contributed by atoms with Crippen LogP contribution in [0.1, 0.15) is 16.7 Å². The van der Waals surface area contributed by atoms with Gasteiger partial charge >= 0.3 is 12.1 Å². The molecule has 1 N–H and O–H groups in total.